The molecule has 1 fully saturated rings. The largest absolute Gasteiger partial charge is 0.330 e. The second kappa shape index (κ2) is 4.94. The standard InChI is InChI=1S/C12H19NS/c13-9-11-5-2-1-4-10(11)8-12-6-3-7-14-12/h3,6-7,10-11H,1-2,4-5,8-9,13H2. The van der Waals surface area contributed by atoms with Crippen LogP contribution in [0.1, 0.15) is 30.6 Å². The van der Waals surface area contributed by atoms with Crippen molar-refractivity contribution in [3.05, 3.63) is 22.4 Å². The van der Waals surface area contributed by atoms with E-state index in [9.17, 15) is 0 Å². The highest BCUT2D eigenvalue weighted by Gasteiger charge is 2.23. The molecule has 2 atom stereocenters. The summed E-state index contributed by atoms with van der Waals surface area (Å²) in [5.41, 5.74) is 5.83. The Bertz CT molecular complexity index is 255. The van der Waals surface area contributed by atoms with Crippen LogP contribution in [0.4, 0.5) is 0 Å². The van der Waals surface area contributed by atoms with Crippen molar-refractivity contribution < 1.29 is 0 Å². The van der Waals surface area contributed by atoms with E-state index >= 15 is 0 Å². The summed E-state index contributed by atoms with van der Waals surface area (Å²) in [7, 11) is 0. The van der Waals surface area contributed by atoms with E-state index in [-0.39, 0.29) is 0 Å². The number of thiophene rings is 1. The molecule has 78 valence electrons. The topological polar surface area (TPSA) is 26.0 Å². The minimum Gasteiger partial charge on any atom is -0.330 e. The summed E-state index contributed by atoms with van der Waals surface area (Å²) in [5.74, 6) is 1.64. The van der Waals surface area contributed by atoms with E-state index in [0.717, 1.165) is 18.4 Å². The van der Waals surface area contributed by atoms with Crippen LogP contribution in [0.25, 0.3) is 0 Å². The van der Waals surface area contributed by atoms with Crippen LogP contribution >= 0.6 is 11.3 Å². The number of rotatable bonds is 3. The van der Waals surface area contributed by atoms with Crippen molar-refractivity contribution >= 4 is 11.3 Å². The fraction of sp³-hybridized carbons (Fsp3) is 0.667. The molecule has 1 heterocycles. The van der Waals surface area contributed by atoms with Gasteiger partial charge < -0.3 is 5.73 Å². The third-order valence-electron chi connectivity index (χ3n) is 3.41. The monoisotopic (exact) mass is 209 g/mol. The Morgan fingerprint density at radius 2 is 2.07 bits per heavy atom. The van der Waals surface area contributed by atoms with Gasteiger partial charge in [-0.25, -0.2) is 0 Å². The summed E-state index contributed by atoms with van der Waals surface area (Å²) < 4.78 is 0. The SMILES string of the molecule is NCC1CCCCC1Cc1cccs1. The lowest BCUT2D eigenvalue weighted by atomic mass is 9.77. The first kappa shape index (κ1) is 10.2. The lowest BCUT2D eigenvalue weighted by Gasteiger charge is -2.30. The minimum atomic E-state index is 0.783. The van der Waals surface area contributed by atoms with Gasteiger partial charge in [0.05, 0.1) is 0 Å². The molecule has 0 amide bonds. The minimum absolute atomic E-state index is 0.783. The molecular formula is C12H19NS. The molecule has 2 heteroatoms. The fourth-order valence-corrected chi connectivity index (χ4v) is 3.35. The van der Waals surface area contributed by atoms with Crippen LogP contribution in [0.2, 0.25) is 0 Å². The summed E-state index contributed by atoms with van der Waals surface area (Å²) in [6.45, 7) is 0.885. The summed E-state index contributed by atoms with van der Waals surface area (Å²) in [6, 6.07) is 4.41. The molecule has 0 saturated heterocycles. The van der Waals surface area contributed by atoms with Crippen LogP contribution in [0, 0.1) is 11.8 Å². The number of hydrogen-bond acceptors (Lipinski definition) is 2. The first-order chi connectivity index (χ1) is 6.90. The van der Waals surface area contributed by atoms with Crippen LogP contribution < -0.4 is 5.73 Å². The van der Waals surface area contributed by atoms with Gasteiger partial charge in [0.2, 0.25) is 0 Å². The van der Waals surface area contributed by atoms with Crippen LogP contribution in [0.15, 0.2) is 17.5 Å². The molecule has 1 aliphatic carbocycles. The van der Waals surface area contributed by atoms with Gasteiger partial charge >= 0.3 is 0 Å². The second-order valence-electron chi connectivity index (χ2n) is 4.32. The lowest BCUT2D eigenvalue weighted by molar-refractivity contribution is 0.243. The van der Waals surface area contributed by atoms with E-state index in [1.807, 2.05) is 11.3 Å². The maximum absolute atomic E-state index is 5.83. The zero-order valence-electron chi connectivity index (χ0n) is 8.61. The molecule has 2 N–H and O–H groups in total. The highest BCUT2D eigenvalue weighted by atomic mass is 32.1. The summed E-state index contributed by atoms with van der Waals surface area (Å²) in [6.07, 6.45) is 6.81. The molecular weight excluding hydrogens is 190 g/mol. The number of hydrogen-bond donors (Lipinski definition) is 1. The normalized spacial score (nSPS) is 27.8. The van der Waals surface area contributed by atoms with Crippen molar-refractivity contribution in [2.75, 3.05) is 6.54 Å². The van der Waals surface area contributed by atoms with Crippen molar-refractivity contribution in [3.63, 3.8) is 0 Å². The van der Waals surface area contributed by atoms with E-state index in [2.05, 4.69) is 17.5 Å². The smallest absolute Gasteiger partial charge is 0.00480 e. The predicted octanol–water partition coefficient (Wildman–Crippen LogP) is 3.06. The average Bonchev–Trinajstić information content (AvgIpc) is 2.71. The Labute approximate surface area is 90.3 Å². The zero-order chi connectivity index (χ0) is 9.80. The van der Waals surface area contributed by atoms with E-state index in [1.165, 1.54) is 37.0 Å². The van der Waals surface area contributed by atoms with Crippen molar-refractivity contribution in [1.29, 1.82) is 0 Å². The molecule has 1 saturated carbocycles. The van der Waals surface area contributed by atoms with Crippen LogP contribution in [-0.2, 0) is 6.42 Å². The van der Waals surface area contributed by atoms with Gasteiger partial charge in [0.15, 0.2) is 0 Å². The molecule has 0 spiro atoms. The van der Waals surface area contributed by atoms with E-state index < -0.39 is 0 Å². The third-order valence-corrected chi connectivity index (χ3v) is 4.31. The van der Waals surface area contributed by atoms with E-state index in [1.54, 1.807) is 0 Å². The van der Waals surface area contributed by atoms with Gasteiger partial charge in [0.1, 0.15) is 0 Å². The van der Waals surface area contributed by atoms with Gasteiger partial charge in [-0.1, -0.05) is 18.9 Å². The summed E-state index contributed by atoms with van der Waals surface area (Å²) in [5, 5.41) is 2.18. The fourth-order valence-electron chi connectivity index (χ4n) is 2.55. The molecule has 1 aromatic rings. The molecule has 14 heavy (non-hydrogen) atoms. The molecule has 0 aliphatic heterocycles. The van der Waals surface area contributed by atoms with Gasteiger partial charge in [-0.15, -0.1) is 11.3 Å². The quantitative estimate of drug-likeness (QED) is 0.813. The predicted molar refractivity (Wildman–Crippen MR) is 62.5 cm³/mol. The molecule has 0 aromatic carbocycles. The van der Waals surface area contributed by atoms with Crippen LogP contribution in [0.3, 0.4) is 0 Å². The van der Waals surface area contributed by atoms with Gasteiger partial charge in [-0.05, 0) is 49.1 Å². The molecule has 1 aliphatic rings. The van der Waals surface area contributed by atoms with Crippen molar-refractivity contribution in [1.82, 2.24) is 0 Å². The first-order valence-corrected chi connectivity index (χ1v) is 6.50. The van der Waals surface area contributed by atoms with Gasteiger partial charge in [0.25, 0.3) is 0 Å². The molecule has 1 nitrogen and oxygen atoms in total. The Hall–Kier alpha value is -0.340. The molecule has 2 rings (SSSR count). The summed E-state index contributed by atoms with van der Waals surface area (Å²) in [4.78, 5) is 1.54. The van der Waals surface area contributed by atoms with E-state index in [4.69, 9.17) is 5.73 Å². The third kappa shape index (κ3) is 2.37. The van der Waals surface area contributed by atoms with Gasteiger partial charge in [-0.3, -0.25) is 0 Å². The summed E-state index contributed by atoms with van der Waals surface area (Å²) >= 11 is 1.89. The second-order valence-corrected chi connectivity index (χ2v) is 5.36. The molecule has 0 bridgehead atoms. The van der Waals surface area contributed by atoms with Crippen LogP contribution in [-0.4, -0.2) is 6.54 Å². The van der Waals surface area contributed by atoms with Crippen molar-refractivity contribution in [2.45, 2.75) is 32.1 Å². The van der Waals surface area contributed by atoms with Gasteiger partial charge in [-0.2, -0.15) is 0 Å². The molecule has 0 radical (unpaired) electrons. The van der Waals surface area contributed by atoms with Gasteiger partial charge in [0, 0.05) is 4.88 Å². The Kier molecular flexibility index (Phi) is 3.60. The number of nitrogens with two attached hydrogens (primary N) is 1. The maximum atomic E-state index is 5.83. The molecule has 2 unspecified atom stereocenters. The Morgan fingerprint density at radius 3 is 2.71 bits per heavy atom. The Morgan fingerprint density at radius 1 is 1.29 bits per heavy atom. The van der Waals surface area contributed by atoms with Crippen molar-refractivity contribution in [3.8, 4) is 0 Å². The first-order valence-electron chi connectivity index (χ1n) is 5.62. The zero-order valence-corrected chi connectivity index (χ0v) is 9.43. The Balaban J connectivity index is 1.94. The van der Waals surface area contributed by atoms with Crippen molar-refractivity contribution in [2.24, 2.45) is 17.6 Å². The lowest BCUT2D eigenvalue weighted by Crippen LogP contribution is -2.27. The maximum Gasteiger partial charge on any atom is 0.00480 e. The highest BCUT2D eigenvalue weighted by molar-refractivity contribution is 7.09. The van der Waals surface area contributed by atoms with Crippen LogP contribution in [0.5, 0.6) is 0 Å². The van der Waals surface area contributed by atoms with E-state index in [0.29, 0.717) is 0 Å². The average molecular weight is 209 g/mol. The highest BCUT2D eigenvalue weighted by Crippen LogP contribution is 2.32. The molecule has 1 aromatic heterocycles.